The summed E-state index contributed by atoms with van der Waals surface area (Å²) in [6.07, 6.45) is 17.0. The lowest BCUT2D eigenvalue weighted by Crippen LogP contribution is -2.31. The number of aromatic nitrogens is 5. The molecule has 6 heterocycles. The molecular weight excluding hydrogens is 406 g/mol. The molecule has 2 aliphatic rings. The first-order chi connectivity index (χ1) is 16.2. The second-order valence-electron chi connectivity index (χ2n) is 7.66. The molecule has 0 aromatic carbocycles. The Morgan fingerprint density at radius 2 is 1.09 bits per heavy atom. The van der Waals surface area contributed by atoms with Gasteiger partial charge in [-0.15, -0.1) is 6.42 Å². The molecule has 8 bridgehead atoms. The number of terminal acetylenes is 1. The van der Waals surface area contributed by atoms with Crippen molar-refractivity contribution in [2.75, 3.05) is 0 Å². The van der Waals surface area contributed by atoms with Crippen molar-refractivity contribution in [2.24, 2.45) is 0 Å². The standard InChI is InChI=1S/C20H14N4.C8H8N/c1-2-14-10-16-5-6-18(23-16)12-20-8-7-19(24-20)11-17-4-3-15(22-17)9-13(1)21-14;1-2-6-9-7-4-3-5-8-9/h1-12,21-22H;1,3-5,7-8H,6H2/q;+1. The van der Waals surface area contributed by atoms with Crippen molar-refractivity contribution in [2.45, 2.75) is 6.54 Å². The Bertz CT molecular complexity index is 1460. The van der Waals surface area contributed by atoms with Crippen molar-refractivity contribution in [3.8, 4) is 12.3 Å². The molecule has 6 rings (SSSR count). The molecule has 2 N–H and O–H groups in total. The Hall–Kier alpha value is -4.69. The van der Waals surface area contributed by atoms with Crippen LogP contribution in [0.5, 0.6) is 0 Å². The zero-order valence-electron chi connectivity index (χ0n) is 17.9. The van der Waals surface area contributed by atoms with E-state index in [2.05, 4.69) is 56.2 Å². The van der Waals surface area contributed by atoms with E-state index in [4.69, 9.17) is 6.42 Å². The van der Waals surface area contributed by atoms with Crippen LogP contribution in [0.1, 0.15) is 22.8 Å². The number of hydrogen-bond acceptors (Lipinski definition) is 2. The number of pyridine rings is 1. The third kappa shape index (κ3) is 5.15. The Kier molecular flexibility index (Phi) is 5.64. The summed E-state index contributed by atoms with van der Waals surface area (Å²) in [5, 5.41) is 0. The molecule has 0 saturated heterocycles. The molecule has 4 aromatic heterocycles. The van der Waals surface area contributed by atoms with E-state index in [9.17, 15) is 0 Å². The van der Waals surface area contributed by atoms with Crippen LogP contribution >= 0.6 is 0 Å². The van der Waals surface area contributed by atoms with Gasteiger partial charge in [-0.05, 0) is 78.8 Å². The molecular formula is C28H22N5+. The fourth-order valence-corrected chi connectivity index (χ4v) is 3.59. The molecule has 33 heavy (non-hydrogen) atoms. The van der Waals surface area contributed by atoms with Gasteiger partial charge in [0.15, 0.2) is 12.4 Å². The van der Waals surface area contributed by atoms with Crippen LogP contribution in [0, 0.1) is 12.3 Å². The van der Waals surface area contributed by atoms with Crippen LogP contribution in [-0.4, -0.2) is 19.9 Å². The monoisotopic (exact) mass is 428 g/mol. The highest BCUT2D eigenvalue weighted by Crippen LogP contribution is 2.17. The van der Waals surface area contributed by atoms with E-state index in [1.807, 2.05) is 77.7 Å². The first-order valence-electron chi connectivity index (χ1n) is 10.7. The largest absolute Gasteiger partial charge is 0.355 e. The second kappa shape index (κ2) is 9.21. The van der Waals surface area contributed by atoms with Crippen LogP contribution in [0.3, 0.4) is 0 Å². The number of H-pyrrole nitrogens is 2. The Morgan fingerprint density at radius 1 is 0.636 bits per heavy atom. The average molecular weight is 429 g/mol. The number of aromatic amines is 2. The molecule has 0 aliphatic carbocycles. The number of fused-ring (bicyclic) bond motifs is 8. The summed E-state index contributed by atoms with van der Waals surface area (Å²) in [7, 11) is 0. The maximum Gasteiger partial charge on any atom is 0.208 e. The summed E-state index contributed by atoms with van der Waals surface area (Å²) >= 11 is 0. The molecule has 158 valence electrons. The lowest BCUT2D eigenvalue weighted by molar-refractivity contribution is -0.684. The first kappa shape index (κ1) is 20.2. The van der Waals surface area contributed by atoms with E-state index < -0.39 is 0 Å². The van der Waals surface area contributed by atoms with Gasteiger partial charge in [0.25, 0.3) is 0 Å². The van der Waals surface area contributed by atoms with Crippen molar-refractivity contribution in [3.05, 3.63) is 102 Å². The number of rotatable bonds is 1. The Morgan fingerprint density at radius 3 is 1.58 bits per heavy atom. The summed E-state index contributed by atoms with van der Waals surface area (Å²) in [6.45, 7) is 0.654. The summed E-state index contributed by atoms with van der Waals surface area (Å²) in [6, 6.07) is 22.3. The number of hydrogen-bond donors (Lipinski definition) is 2. The third-order valence-corrected chi connectivity index (χ3v) is 5.09. The van der Waals surface area contributed by atoms with Crippen LogP contribution in [0.2, 0.25) is 0 Å². The zero-order chi connectivity index (χ0) is 22.5. The highest BCUT2D eigenvalue weighted by molar-refractivity contribution is 5.77. The topological polar surface area (TPSA) is 61.2 Å². The molecule has 0 fully saturated rings. The summed E-state index contributed by atoms with van der Waals surface area (Å²) in [4.78, 5) is 16.0. The van der Waals surface area contributed by atoms with Gasteiger partial charge < -0.3 is 9.97 Å². The molecule has 4 aromatic rings. The molecule has 0 amide bonds. The van der Waals surface area contributed by atoms with Crippen LogP contribution in [0.25, 0.3) is 46.4 Å². The van der Waals surface area contributed by atoms with Gasteiger partial charge in [0, 0.05) is 34.2 Å². The third-order valence-electron chi connectivity index (χ3n) is 5.09. The van der Waals surface area contributed by atoms with Gasteiger partial charge in [-0.1, -0.05) is 6.07 Å². The normalized spacial score (nSPS) is 11.5. The van der Waals surface area contributed by atoms with E-state index in [1.165, 1.54) is 0 Å². The fourth-order valence-electron chi connectivity index (χ4n) is 3.59. The van der Waals surface area contributed by atoms with Crippen molar-refractivity contribution >= 4 is 46.4 Å². The highest BCUT2D eigenvalue weighted by atomic mass is 14.9. The average Bonchev–Trinajstić information content (AvgIpc) is 3.61. The number of nitrogens with one attached hydrogen (secondary N) is 2. The molecule has 5 heteroatoms. The molecule has 5 nitrogen and oxygen atoms in total. The number of nitrogens with zero attached hydrogens (tertiary/aromatic N) is 3. The van der Waals surface area contributed by atoms with E-state index in [-0.39, 0.29) is 0 Å². The molecule has 0 atom stereocenters. The smallest absolute Gasteiger partial charge is 0.208 e. The maximum absolute atomic E-state index is 5.09. The van der Waals surface area contributed by atoms with Gasteiger partial charge >= 0.3 is 0 Å². The predicted molar refractivity (Wildman–Crippen MR) is 134 cm³/mol. The predicted octanol–water partition coefficient (Wildman–Crippen LogP) is 5.26. The summed E-state index contributed by atoms with van der Waals surface area (Å²) < 4.78 is 1.94. The van der Waals surface area contributed by atoms with E-state index >= 15 is 0 Å². The Labute approximate surface area is 191 Å². The van der Waals surface area contributed by atoms with E-state index in [0.29, 0.717) is 6.54 Å². The molecule has 0 radical (unpaired) electrons. The molecule has 0 unspecified atom stereocenters. The van der Waals surface area contributed by atoms with Crippen LogP contribution in [0.15, 0.2) is 79.1 Å². The van der Waals surface area contributed by atoms with E-state index in [0.717, 1.165) is 44.8 Å². The van der Waals surface area contributed by atoms with Gasteiger partial charge in [-0.3, -0.25) is 0 Å². The van der Waals surface area contributed by atoms with Gasteiger partial charge in [0.2, 0.25) is 6.54 Å². The SMILES string of the molecule is C#CC[n+]1ccccc1.C1=Cc2cc3ccc(cc4ccc(cc5nc(cc1n2)C=C5)[nH]4)[nH]3. The molecule has 0 spiro atoms. The minimum atomic E-state index is 0.654. The van der Waals surface area contributed by atoms with Crippen LogP contribution in [0.4, 0.5) is 0 Å². The van der Waals surface area contributed by atoms with Gasteiger partial charge in [-0.25, -0.2) is 9.97 Å². The van der Waals surface area contributed by atoms with E-state index in [1.54, 1.807) is 0 Å². The lowest BCUT2D eigenvalue weighted by atomic mass is 10.3. The zero-order valence-corrected chi connectivity index (χ0v) is 17.9. The molecule has 2 aliphatic heterocycles. The summed E-state index contributed by atoms with van der Waals surface area (Å²) in [5.41, 5.74) is 7.86. The van der Waals surface area contributed by atoms with Crippen LogP contribution in [-0.2, 0) is 6.54 Å². The van der Waals surface area contributed by atoms with Crippen molar-refractivity contribution in [3.63, 3.8) is 0 Å². The summed E-state index contributed by atoms with van der Waals surface area (Å²) in [5.74, 6) is 2.55. The van der Waals surface area contributed by atoms with Gasteiger partial charge in [0.1, 0.15) is 0 Å². The quantitative estimate of drug-likeness (QED) is 0.277. The Balaban J connectivity index is 0.000000215. The van der Waals surface area contributed by atoms with Crippen molar-refractivity contribution < 1.29 is 4.57 Å². The lowest BCUT2D eigenvalue weighted by Gasteiger charge is -1.86. The van der Waals surface area contributed by atoms with Crippen LogP contribution < -0.4 is 4.57 Å². The second-order valence-corrected chi connectivity index (χ2v) is 7.66. The minimum Gasteiger partial charge on any atom is -0.355 e. The minimum absolute atomic E-state index is 0.654. The van der Waals surface area contributed by atoms with Gasteiger partial charge in [0.05, 0.1) is 22.8 Å². The highest BCUT2D eigenvalue weighted by Gasteiger charge is 2.02. The van der Waals surface area contributed by atoms with Crippen molar-refractivity contribution in [1.82, 2.24) is 19.9 Å². The maximum atomic E-state index is 5.09. The first-order valence-corrected chi connectivity index (χ1v) is 10.7. The van der Waals surface area contributed by atoms with Gasteiger partial charge in [-0.2, -0.15) is 4.57 Å². The van der Waals surface area contributed by atoms with Crippen molar-refractivity contribution in [1.29, 1.82) is 0 Å². The fraction of sp³-hybridized carbons (Fsp3) is 0.0357. The molecule has 0 saturated carbocycles.